The van der Waals surface area contributed by atoms with Gasteiger partial charge in [0, 0.05) is 54.2 Å². The number of aliphatic hydroxyl groups is 2. The molecule has 6 unspecified atom stereocenters. The smallest absolute Gasteiger partial charge is 0.239 e. The van der Waals surface area contributed by atoms with Crippen molar-refractivity contribution < 1.29 is 38.4 Å². The largest absolute Gasteiger partial charge is 0.493 e. The van der Waals surface area contributed by atoms with Gasteiger partial charge in [0.25, 0.3) is 0 Å². The van der Waals surface area contributed by atoms with E-state index in [1.54, 1.807) is 37.1 Å². The number of allylic oxidation sites excluding steroid dienone is 1. The molecule has 2 saturated carbocycles. The Morgan fingerprint density at radius 3 is 2.50 bits per heavy atom. The summed E-state index contributed by atoms with van der Waals surface area (Å²) in [6.45, 7) is 5.19. The maximum atomic E-state index is 14.6. The lowest BCUT2D eigenvalue weighted by Crippen LogP contribution is -2.70. The van der Waals surface area contributed by atoms with Crippen molar-refractivity contribution in [1.82, 2.24) is 4.90 Å². The molecule has 0 aromatic heterocycles. The first-order valence-electron chi connectivity index (χ1n) is 20.9. The number of oxime groups is 1. The molecule has 3 aromatic carbocycles. The van der Waals surface area contributed by atoms with Crippen molar-refractivity contribution in [3.05, 3.63) is 114 Å². The third-order valence-electron chi connectivity index (χ3n) is 12.1. The van der Waals surface area contributed by atoms with E-state index in [0.717, 1.165) is 72.4 Å². The second kappa shape index (κ2) is 19.7. The van der Waals surface area contributed by atoms with E-state index in [1.807, 2.05) is 35.2 Å². The highest BCUT2D eigenvalue weighted by molar-refractivity contribution is 7.99. The Morgan fingerprint density at radius 1 is 1.03 bits per heavy atom. The number of benzene rings is 3. The van der Waals surface area contributed by atoms with Crippen molar-refractivity contribution in [1.29, 1.82) is 0 Å². The minimum atomic E-state index is -1.35. The highest BCUT2D eigenvalue weighted by Gasteiger charge is 2.66. The molecule has 3 aromatic rings. The first kappa shape index (κ1) is 42.0. The number of carbonyl (C=O) groups excluding carboxylic acids is 1. The summed E-state index contributed by atoms with van der Waals surface area (Å²) in [6.07, 6.45) is 10.7. The number of halogens is 1. The summed E-state index contributed by atoms with van der Waals surface area (Å²) in [6, 6.07) is 22.0. The van der Waals surface area contributed by atoms with Gasteiger partial charge in [-0.1, -0.05) is 60.5 Å². The van der Waals surface area contributed by atoms with Crippen LogP contribution in [-0.2, 0) is 20.9 Å². The third kappa shape index (κ3) is 9.33. The molecule has 1 aliphatic heterocycles. The Bertz CT molecular complexity index is 1900. The number of rotatable bonds is 21. The van der Waals surface area contributed by atoms with Gasteiger partial charge in [0.2, 0.25) is 11.7 Å². The lowest BCUT2D eigenvalue weighted by atomic mass is 9.55. The van der Waals surface area contributed by atoms with Crippen LogP contribution in [0.15, 0.2) is 107 Å². The van der Waals surface area contributed by atoms with Crippen molar-refractivity contribution in [2.45, 2.75) is 87.0 Å². The Hall–Kier alpha value is -4.16. The zero-order valence-electron chi connectivity index (χ0n) is 33.5. The highest BCUT2D eigenvalue weighted by Crippen LogP contribution is 2.62. The monoisotopic (exact) mass is 812 g/mol. The molecule has 1 heterocycles. The van der Waals surface area contributed by atoms with Crippen LogP contribution in [0.3, 0.4) is 0 Å². The number of amides is 1. The molecular formula is C47H57FN2O7S. The average Bonchev–Trinajstić information content (AvgIpc) is 4.10. The van der Waals surface area contributed by atoms with Crippen molar-refractivity contribution >= 4 is 23.4 Å². The molecule has 1 amide bonds. The molecule has 9 nitrogen and oxygen atoms in total. The Balaban J connectivity index is 1.36. The van der Waals surface area contributed by atoms with Gasteiger partial charge in [0.15, 0.2) is 0 Å². The van der Waals surface area contributed by atoms with Crippen LogP contribution in [-0.4, -0.2) is 77.9 Å². The van der Waals surface area contributed by atoms with Gasteiger partial charge in [-0.2, -0.15) is 0 Å². The third-order valence-corrected chi connectivity index (χ3v) is 13.0. The number of unbranched alkanes of at least 4 members (excludes halogenated alkanes) is 2. The van der Waals surface area contributed by atoms with Gasteiger partial charge in [0.1, 0.15) is 30.5 Å². The molecule has 310 valence electrons. The number of thioether (sulfide) groups is 1. The molecule has 0 saturated heterocycles. The molecular weight excluding hydrogens is 756 g/mol. The minimum absolute atomic E-state index is 0.0142. The predicted octanol–water partition coefficient (Wildman–Crippen LogP) is 8.70. The summed E-state index contributed by atoms with van der Waals surface area (Å²) in [7, 11) is 1.55. The number of fused-ring (bicyclic) bond motifs is 2. The molecule has 58 heavy (non-hydrogen) atoms. The van der Waals surface area contributed by atoms with E-state index in [9.17, 15) is 19.4 Å². The van der Waals surface area contributed by atoms with Gasteiger partial charge in [-0.3, -0.25) is 4.79 Å². The SMILES string of the molecule is C=CCOC12Oc3ccc(OCCSc4ccccc4)cc3C3C(CCCCO)C(CCCCO)C=C(C(=NOC)CC1N(Cc1ccc(F)cc1)C(=O)C1CC1)C32. The van der Waals surface area contributed by atoms with Gasteiger partial charge in [-0.05, 0) is 104 Å². The van der Waals surface area contributed by atoms with Gasteiger partial charge < -0.3 is 34.2 Å². The van der Waals surface area contributed by atoms with Crippen LogP contribution in [0.4, 0.5) is 4.39 Å². The van der Waals surface area contributed by atoms with E-state index in [2.05, 4.69) is 36.0 Å². The molecule has 7 rings (SSSR count). The van der Waals surface area contributed by atoms with Gasteiger partial charge in [0.05, 0.1) is 24.8 Å². The normalized spacial score (nSPS) is 25.2. The van der Waals surface area contributed by atoms with Crippen molar-refractivity contribution in [2.24, 2.45) is 28.8 Å². The second-order valence-electron chi connectivity index (χ2n) is 15.8. The molecule has 2 N–H and O–H groups in total. The lowest BCUT2D eigenvalue weighted by Gasteiger charge is -2.60. The molecule has 0 spiro atoms. The highest BCUT2D eigenvalue weighted by atomic mass is 32.2. The van der Waals surface area contributed by atoms with E-state index < -0.39 is 17.7 Å². The van der Waals surface area contributed by atoms with Crippen LogP contribution in [0.25, 0.3) is 0 Å². The van der Waals surface area contributed by atoms with Crippen molar-refractivity contribution in [3.8, 4) is 11.5 Å². The molecule has 0 radical (unpaired) electrons. The van der Waals surface area contributed by atoms with E-state index in [4.69, 9.17) is 19.0 Å². The van der Waals surface area contributed by atoms with Crippen LogP contribution in [0.2, 0.25) is 0 Å². The first-order valence-corrected chi connectivity index (χ1v) is 21.9. The summed E-state index contributed by atoms with van der Waals surface area (Å²) in [5.41, 5.74) is 3.54. The molecule has 3 aliphatic carbocycles. The van der Waals surface area contributed by atoms with Crippen LogP contribution in [0.5, 0.6) is 11.5 Å². The summed E-state index contributed by atoms with van der Waals surface area (Å²) in [5.74, 6) is 0.0783. The van der Waals surface area contributed by atoms with Gasteiger partial charge in [-0.15, -0.1) is 18.3 Å². The van der Waals surface area contributed by atoms with E-state index in [0.29, 0.717) is 31.6 Å². The van der Waals surface area contributed by atoms with Crippen LogP contribution < -0.4 is 9.47 Å². The summed E-state index contributed by atoms with van der Waals surface area (Å²) >= 11 is 1.75. The van der Waals surface area contributed by atoms with E-state index >= 15 is 0 Å². The van der Waals surface area contributed by atoms with Gasteiger partial charge >= 0.3 is 0 Å². The summed E-state index contributed by atoms with van der Waals surface area (Å²) in [4.78, 5) is 23.3. The molecule has 0 bridgehead atoms. The quantitative estimate of drug-likeness (QED) is 0.0476. The Kier molecular flexibility index (Phi) is 14.3. The fourth-order valence-corrected chi connectivity index (χ4v) is 10.1. The Labute approximate surface area is 346 Å². The molecule has 6 atom stereocenters. The van der Waals surface area contributed by atoms with Gasteiger partial charge in [-0.25, -0.2) is 4.39 Å². The fraction of sp³-hybridized carbons (Fsp3) is 0.489. The lowest BCUT2D eigenvalue weighted by molar-refractivity contribution is -0.258. The Morgan fingerprint density at radius 2 is 1.79 bits per heavy atom. The van der Waals surface area contributed by atoms with Crippen LogP contribution >= 0.6 is 11.8 Å². The number of ether oxygens (including phenoxy) is 3. The fourth-order valence-electron chi connectivity index (χ4n) is 9.38. The average molecular weight is 813 g/mol. The standard InChI is InChI=1S/C47H57FN2O7S/c1-3-25-56-47-43(50(46(53)33-17-18-33)31-32-15-19-35(48)20-16-32)30-41(49-54-2)39-28-34(11-7-9-23-51)38(14-8-10-24-52)44(45(39)47)40-29-36(21-22-42(40)57-47)55-26-27-58-37-12-5-4-6-13-37/h3-6,12-13,15-16,19-22,28-29,33-34,38,43-45,51-52H,1,7-11,14,17-18,23-27,30-31H2,2H3. The number of nitrogens with zero attached hydrogens (tertiary/aromatic N) is 2. The maximum Gasteiger partial charge on any atom is 0.239 e. The van der Waals surface area contributed by atoms with Crippen molar-refractivity contribution in [3.63, 3.8) is 0 Å². The second-order valence-corrected chi connectivity index (χ2v) is 17.0. The number of hydrogen-bond acceptors (Lipinski definition) is 9. The minimum Gasteiger partial charge on any atom is -0.493 e. The topological polar surface area (TPSA) is 110 Å². The molecule has 4 aliphatic rings. The zero-order valence-corrected chi connectivity index (χ0v) is 34.3. The van der Waals surface area contributed by atoms with E-state index in [-0.39, 0.29) is 61.8 Å². The summed E-state index contributed by atoms with van der Waals surface area (Å²) in [5, 5.41) is 24.4. The van der Waals surface area contributed by atoms with Crippen LogP contribution in [0, 0.1) is 29.5 Å². The molecule has 11 heteroatoms. The molecule has 2 fully saturated rings. The number of aliphatic hydroxyl groups excluding tert-OH is 2. The van der Waals surface area contributed by atoms with E-state index in [1.165, 1.54) is 17.0 Å². The number of hydrogen-bond donors (Lipinski definition) is 2. The van der Waals surface area contributed by atoms with Crippen LogP contribution in [0.1, 0.15) is 74.8 Å². The summed E-state index contributed by atoms with van der Waals surface area (Å²) < 4.78 is 35.0. The van der Waals surface area contributed by atoms with Crippen molar-refractivity contribution in [2.75, 3.05) is 39.3 Å². The maximum absolute atomic E-state index is 14.6. The number of carbonyl (C=O) groups is 1. The zero-order chi connectivity index (χ0) is 40.5. The predicted molar refractivity (Wildman–Crippen MR) is 224 cm³/mol. The first-order chi connectivity index (χ1) is 28.4.